The summed E-state index contributed by atoms with van der Waals surface area (Å²) >= 11 is 0. The molecule has 1 aliphatic rings. The number of rotatable bonds is 7. The summed E-state index contributed by atoms with van der Waals surface area (Å²) in [5.74, 6) is 0.779. The molecule has 0 atom stereocenters. The van der Waals surface area contributed by atoms with E-state index in [2.05, 4.69) is 20.4 Å². The third-order valence-corrected chi connectivity index (χ3v) is 3.80. The Hall–Kier alpha value is -1.83. The summed E-state index contributed by atoms with van der Waals surface area (Å²) in [6.45, 7) is 5.93. The van der Waals surface area contributed by atoms with Gasteiger partial charge in [0.2, 0.25) is 5.89 Å². The third-order valence-electron chi connectivity index (χ3n) is 3.80. The van der Waals surface area contributed by atoms with Crippen LogP contribution in [0.3, 0.4) is 0 Å². The minimum Gasteiger partial charge on any atom is -0.379 e. The zero-order valence-electron chi connectivity index (χ0n) is 13.0. The van der Waals surface area contributed by atoms with Crippen LogP contribution in [-0.4, -0.2) is 54.4 Å². The number of morpholine rings is 1. The van der Waals surface area contributed by atoms with Crippen LogP contribution in [0.5, 0.6) is 0 Å². The van der Waals surface area contributed by atoms with E-state index in [1.54, 1.807) is 18.2 Å². The maximum atomic E-state index is 13.6. The van der Waals surface area contributed by atoms with Crippen LogP contribution in [0.25, 0.3) is 0 Å². The topological polar surface area (TPSA) is 63.4 Å². The second-order valence-corrected chi connectivity index (χ2v) is 5.50. The number of hydrogen-bond acceptors (Lipinski definition) is 6. The average molecular weight is 320 g/mol. The number of hydrogen-bond donors (Lipinski definition) is 1. The Balaban J connectivity index is 1.41. The van der Waals surface area contributed by atoms with Gasteiger partial charge in [-0.1, -0.05) is 23.4 Å². The normalized spacial score (nSPS) is 15.9. The summed E-state index contributed by atoms with van der Waals surface area (Å²) in [5.41, 5.74) is 0.570. The zero-order chi connectivity index (χ0) is 15.9. The van der Waals surface area contributed by atoms with Gasteiger partial charge < -0.3 is 14.6 Å². The molecule has 7 heteroatoms. The van der Waals surface area contributed by atoms with Gasteiger partial charge in [-0.05, 0) is 11.6 Å². The molecule has 1 fully saturated rings. The monoisotopic (exact) mass is 320 g/mol. The summed E-state index contributed by atoms with van der Waals surface area (Å²) in [6.07, 6.45) is 0.337. The van der Waals surface area contributed by atoms with Crippen molar-refractivity contribution in [3.63, 3.8) is 0 Å². The Kier molecular flexibility index (Phi) is 5.68. The molecule has 0 saturated carbocycles. The Morgan fingerprint density at radius 3 is 2.87 bits per heavy atom. The van der Waals surface area contributed by atoms with E-state index < -0.39 is 0 Å². The van der Waals surface area contributed by atoms with Crippen molar-refractivity contribution in [2.45, 2.75) is 13.0 Å². The summed E-state index contributed by atoms with van der Waals surface area (Å²) in [5, 5.41) is 7.19. The second-order valence-electron chi connectivity index (χ2n) is 5.50. The molecular weight excluding hydrogens is 299 g/mol. The van der Waals surface area contributed by atoms with Crippen molar-refractivity contribution in [3.8, 4) is 0 Å². The van der Waals surface area contributed by atoms with Crippen LogP contribution in [0.2, 0.25) is 0 Å². The first-order valence-corrected chi connectivity index (χ1v) is 7.87. The predicted molar refractivity (Wildman–Crippen MR) is 82.5 cm³/mol. The SMILES string of the molecule is Fc1ccccc1Cc1noc(CNCCN2CCOCC2)n1. The minimum absolute atomic E-state index is 0.248. The molecule has 124 valence electrons. The highest BCUT2D eigenvalue weighted by Gasteiger charge is 2.11. The van der Waals surface area contributed by atoms with Crippen LogP contribution in [0.15, 0.2) is 28.8 Å². The minimum atomic E-state index is -0.248. The van der Waals surface area contributed by atoms with Crippen LogP contribution in [0.1, 0.15) is 17.3 Å². The van der Waals surface area contributed by atoms with E-state index in [9.17, 15) is 4.39 Å². The molecular formula is C16H21FN4O2. The lowest BCUT2D eigenvalue weighted by atomic mass is 10.1. The predicted octanol–water partition coefficient (Wildman–Crippen LogP) is 1.22. The van der Waals surface area contributed by atoms with Gasteiger partial charge in [-0.2, -0.15) is 4.98 Å². The number of halogens is 1. The fourth-order valence-corrected chi connectivity index (χ4v) is 2.50. The van der Waals surface area contributed by atoms with Crippen molar-refractivity contribution in [2.75, 3.05) is 39.4 Å². The first kappa shape index (κ1) is 16.0. The van der Waals surface area contributed by atoms with Gasteiger partial charge in [-0.25, -0.2) is 4.39 Å². The number of ether oxygens (including phenoxy) is 1. The molecule has 0 amide bonds. The summed E-state index contributed by atoms with van der Waals surface area (Å²) < 4.78 is 24.1. The van der Waals surface area contributed by atoms with Crippen LogP contribution < -0.4 is 5.32 Å². The molecule has 23 heavy (non-hydrogen) atoms. The maximum Gasteiger partial charge on any atom is 0.240 e. The third kappa shape index (κ3) is 4.82. The number of nitrogens with one attached hydrogen (secondary N) is 1. The Morgan fingerprint density at radius 1 is 1.22 bits per heavy atom. The lowest BCUT2D eigenvalue weighted by Gasteiger charge is -2.26. The molecule has 1 aromatic carbocycles. The van der Waals surface area contributed by atoms with Gasteiger partial charge >= 0.3 is 0 Å². The highest BCUT2D eigenvalue weighted by Crippen LogP contribution is 2.11. The number of benzene rings is 1. The molecule has 1 aromatic heterocycles. The van der Waals surface area contributed by atoms with Gasteiger partial charge in [0.05, 0.1) is 19.8 Å². The van der Waals surface area contributed by atoms with E-state index in [4.69, 9.17) is 9.26 Å². The Bertz CT molecular complexity index is 614. The van der Waals surface area contributed by atoms with Crippen LogP contribution >= 0.6 is 0 Å². The first-order chi connectivity index (χ1) is 11.3. The fraction of sp³-hybridized carbons (Fsp3) is 0.500. The lowest BCUT2D eigenvalue weighted by Crippen LogP contribution is -2.40. The summed E-state index contributed by atoms with van der Waals surface area (Å²) in [6, 6.07) is 6.63. The Labute approximate surface area is 134 Å². The smallest absolute Gasteiger partial charge is 0.240 e. The molecule has 6 nitrogen and oxygen atoms in total. The number of nitrogens with zero attached hydrogens (tertiary/aromatic N) is 3. The van der Waals surface area contributed by atoms with Crippen LogP contribution in [-0.2, 0) is 17.7 Å². The fourth-order valence-electron chi connectivity index (χ4n) is 2.50. The van der Waals surface area contributed by atoms with Gasteiger partial charge in [0, 0.05) is 32.6 Å². The maximum absolute atomic E-state index is 13.6. The molecule has 2 aromatic rings. The quantitative estimate of drug-likeness (QED) is 0.774. The van der Waals surface area contributed by atoms with Gasteiger partial charge in [0.1, 0.15) is 5.82 Å². The van der Waals surface area contributed by atoms with Crippen molar-refractivity contribution in [3.05, 3.63) is 47.4 Å². The van der Waals surface area contributed by atoms with E-state index >= 15 is 0 Å². The molecule has 3 rings (SSSR count). The van der Waals surface area contributed by atoms with Gasteiger partial charge in [-0.3, -0.25) is 4.90 Å². The highest BCUT2D eigenvalue weighted by molar-refractivity contribution is 5.20. The molecule has 1 N–H and O–H groups in total. The van der Waals surface area contributed by atoms with Gasteiger partial charge in [0.25, 0.3) is 0 Å². The van der Waals surface area contributed by atoms with Crippen molar-refractivity contribution in [1.82, 2.24) is 20.4 Å². The molecule has 1 aliphatic heterocycles. The largest absolute Gasteiger partial charge is 0.379 e. The van der Waals surface area contributed by atoms with Crippen LogP contribution in [0, 0.1) is 5.82 Å². The average Bonchev–Trinajstić information content (AvgIpc) is 3.02. The second kappa shape index (κ2) is 8.14. The van der Waals surface area contributed by atoms with E-state index in [1.165, 1.54) is 6.07 Å². The summed E-state index contributed by atoms with van der Waals surface area (Å²) in [4.78, 5) is 6.65. The Morgan fingerprint density at radius 2 is 2.04 bits per heavy atom. The van der Waals surface area contributed by atoms with E-state index in [0.29, 0.717) is 30.2 Å². The van der Waals surface area contributed by atoms with E-state index in [-0.39, 0.29) is 5.82 Å². The van der Waals surface area contributed by atoms with E-state index in [1.807, 2.05) is 0 Å². The molecule has 0 bridgehead atoms. The lowest BCUT2D eigenvalue weighted by molar-refractivity contribution is 0.0383. The standard InChI is InChI=1S/C16H21FN4O2/c17-14-4-2-1-3-13(14)11-15-19-16(23-20-15)12-18-5-6-21-7-9-22-10-8-21/h1-4,18H,5-12H2. The zero-order valence-corrected chi connectivity index (χ0v) is 13.0. The van der Waals surface area contributed by atoms with Crippen molar-refractivity contribution in [1.29, 1.82) is 0 Å². The van der Waals surface area contributed by atoms with Gasteiger partial charge in [0.15, 0.2) is 5.82 Å². The molecule has 0 radical (unpaired) electrons. The van der Waals surface area contributed by atoms with E-state index in [0.717, 1.165) is 39.4 Å². The first-order valence-electron chi connectivity index (χ1n) is 7.87. The van der Waals surface area contributed by atoms with Crippen molar-refractivity contribution in [2.24, 2.45) is 0 Å². The molecule has 0 spiro atoms. The summed E-state index contributed by atoms with van der Waals surface area (Å²) in [7, 11) is 0. The van der Waals surface area contributed by atoms with Crippen LogP contribution in [0.4, 0.5) is 4.39 Å². The molecule has 2 heterocycles. The molecule has 0 unspecified atom stereocenters. The van der Waals surface area contributed by atoms with Crippen molar-refractivity contribution < 1.29 is 13.7 Å². The molecule has 1 saturated heterocycles. The number of aromatic nitrogens is 2. The van der Waals surface area contributed by atoms with Gasteiger partial charge in [-0.15, -0.1) is 0 Å². The highest BCUT2D eigenvalue weighted by atomic mass is 19.1. The molecule has 0 aliphatic carbocycles. The van der Waals surface area contributed by atoms with Crippen molar-refractivity contribution >= 4 is 0 Å².